The molecule has 0 radical (unpaired) electrons. The molecule has 2 N–H and O–H groups in total. The van der Waals surface area contributed by atoms with E-state index in [1.165, 1.54) is 0 Å². The zero-order valence-corrected chi connectivity index (χ0v) is 15.9. The van der Waals surface area contributed by atoms with Crippen LogP contribution in [-0.2, 0) is 4.74 Å². The molecule has 0 aromatic heterocycles. The SMILES string of the molecule is CC(C)(C#N)Nc1ccc(-c2ccc(NC(=O)OC(C)(C)C)cc2)cc1. The minimum absolute atomic E-state index is 0.471. The average molecular weight is 351 g/mol. The van der Waals surface area contributed by atoms with Crippen LogP contribution in [-0.4, -0.2) is 17.2 Å². The Kier molecular flexibility index (Phi) is 5.56. The molecule has 5 nitrogen and oxygen atoms in total. The van der Waals surface area contributed by atoms with Crippen LogP contribution >= 0.6 is 0 Å². The predicted octanol–water partition coefficient (Wildman–Crippen LogP) is 5.41. The van der Waals surface area contributed by atoms with Gasteiger partial charge in [-0.3, -0.25) is 5.32 Å². The van der Waals surface area contributed by atoms with Gasteiger partial charge >= 0.3 is 6.09 Å². The van der Waals surface area contributed by atoms with Crippen LogP contribution in [0.5, 0.6) is 0 Å². The van der Waals surface area contributed by atoms with E-state index in [-0.39, 0.29) is 0 Å². The van der Waals surface area contributed by atoms with Crippen LogP contribution in [0.4, 0.5) is 16.2 Å². The van der Waals surface area contributed by atoms with E-state index in [4.69, 9.17) is 10.00 Å². The van der Waals surface area contributed by atoms with Crippen molar-refractivity contribution in [3.05, 3.63) is 48.5 Å². The van der Waals surface area contributed by atoms with Gasteiger partial charge in [0.2, 0.25) is 0 Å². The van der Waals surface area contributed by atoms with E-state index in [1.807, 2.05) is 83.1 Å². The summed E-state index contributed by atoms with van der Waals surface area (Å²) in [4.78, 5) is 11.8. The van der Waals surface area contributed by atoms with Crippen molar-refractivity contribution in [2.45, 2.75) is 45.8 Å². The Bertz CT molecular complexity index is 795. The van der Waals surface area contributed by atoms with Gasteiger partial charge in [-0.2, -0.15) is 5.26 Å². The van der Waals surface area contributed by atoms with Crippen LogP contribution in [0, 0.1) is 11.3 Å². The maximum Gasteiger partial charge on any atom is 0.412 e. The molecule has 1 amide bonds. The van der Waals surface area contributed by atoms with Gasteiger partial charge in [0.1, 0.15) is 11.1 Å². The number of benzene rings is 2. The van der Waals surface area contributed by atoms with Crippen molar-refractivity contribution in [2.75, 3.05) is 10.6 Å². The second-order valence-corrected chi connectivity index (χ2v) is 7.64. The van der Waals surface area contributed by atoms with Gasteiger partial charge in [0.05, 0.1) is 6.07 Å². The normalized spacial score (nSPS) is 11.4. The van der Waals surface area contributed by atoms with Crippen molar-refractivity contribution in [3.63, 3.8) is 0 Å². The lowest BCUT2D eigenvalue weighted by molar-refractivity contribution is 0.0636. The van der Waals surface area contributed by atoms with Crippen molar-refractivity contribution >= 4 is 17.5 Å². The number of anilines is 2. The molecule has 26 heavy (non-hydrogen) atoms. The molecule has 2 aromatic rings. The lowest BCUT2D eigenvalue weighted by Gasteiger charge is -2.20. The minimum atomic E-state index is -0.615. The summed E-state index contributed by atoms with van der Waals surface area (Å²) in [5, 5.41) is 15.0. The number of hydrogen-bond acceptors (Lipinski definition) is 4. The lowest BCUT2D eigenvalue weighted by Crippen LogP contribution is -2.28. The van der Waals surface area contributed by atoms with Gasteiger partial charge in [-0.15, -0.1) is 0 Å². The Morgan fingerprint density at radius 2 is 1.35 bits per heavy atom. The number of nitrogens with one attached hydrogen (secondary N) is 2. The molecule has 0 saturated carbocycles. The molecule has 0 aliphatic heterocycles. The van der Waals surface area contributed by atoms with Crippen LogP contribution in [0.1, 0.15) is 34.6 Å². The molecule has 0 unspecified atom stereocenters. The van der Waals surface area contributed by atoms with E-state index in [9.17, 15) is 4.79 Å². The third-order valence-corrected chi connectivity index (χ3v) is 3.48. The van der Waals surface area contributed by atoms with E-state index >= 15 is 0 Å². The third-order valence-electron chi connectivity index (χ3n) is 3.48. The number of ether oxygens (including phenoxy) is 1. The van der Waals surface area contributed by atoms with E-state index in [0.29, 0.717) is 5.69 Å². The van der Waals surface area contributed by atoms with E-state index in [2.05, 4.69) is 16.7 Å². The first kappa shape index (κ1) is 19.3. The summed E-state index contributed by atoms with van der Waals surface area (Å²) < 4.78 is 5.24. The molecule has 0 heterocycles. The molecule has 0 aliphatic rings. The van der Waals surface area contributed by atoms with Crippen LogP contribution < -0.4 is 10.6 Å². The molecule has 136 valence electrons. The molecule has 5 heteroatoms. The zero-order chi connectivity index (χ0) is 19.4. The van der Waals surface area contributed by atoms with Gasteiger partial charge in [0, 0.05) is 11.4 Å². The summed E-state index contributed by atoms with van der Waals surface area (Å²) in [6, 6.07) is 17.6. The Labute approximate surface area is 155 Å². The summed E-state index contributed by atoms with van der Waals surface area (Å²) in [5.41, 5.74) is 2.51. The lowest BCUT2D eigenvalue weighted by atomic mass is 10.0. The van der Waals surface area contributed by atoms with Crippen LogP contribution in [0.3, 0.4) is 0 Å². The summed E-state index contributed by atoms with van der Waals surface area (Å²) >= 11 is 0. The second kappa shape index (κ2) is 7.49. The number of nitrogens with zero attached hydrogens (tertiary/aromatic N) is 1. The van der Waals surface area contributed by atoms with Gasteiger partial charge in [-0.25, -0.2) is 4.79 Å². The molecule has 2 aromatic carbocycles. The standard InChI is InChI=1S/C21H25N3O2/c1-20(2,3)26-19(25)23-17-10-6-15(7-11-17)16-8-12-18(13-9-16)24-21(4,5)14-22/h6-13,24H,1-5H3,(H,23,25). The number of hydrogen-bond donors (Lipinski definition) is 2. The number of rotatable bonds is 4. The van der Waals surface area contributed by atoms with Gasteiger partial charge in [0.25, 0.3) is 0 Å². The first-order valence-corrected chi connectivity index (χ1v) is 8.48. The Balaban J connectivity index is 2.04. The minimum Gasteiger partial charge on any atom is -0.444 e. The highest BCUT2D eigenvalue weighted by molar-refractivity contribution is 5.85. The van der Waals surface area contributed by atoms with Crippen molar-refractivity contribution in [1.29, 1.82) is 5.26 Å². The predicted molar refractivity (Wildman–Crippen MR) is 105 cm³/mol. The summed E-state index contributed by atoms with van der Waals surface area (Å²) in [6.07, 6.45) is -0.471. The highest BCUT2D eigenvalue weighted by Crippen LogP contribution is 2.24. The Hall–Kier alpha value is -3.00. The molecular weight excluding hydrogens is 326 g/mol. The largest absolute Gasteiger partial charge is 0.444 e. The highest BCUT2D eigenvalue weighted by Gasteiger charge is 2.16. The Morgan fingerprint density at radius 3 is 1.77 bits per heavy atom. The van der Waals surface area contributed by atoms with Crippen LogP contribution in [0.25, 0.3) is 11.1 Å². The fourth-order valence-electron chi connectivity index (χ4n) is 2.30. The maximum absolute atomic E-state index is 11.8. The molecular formula is C21H25N3O2. The molecule has 0 spiro atoms. The first-order chi connectivity index (χ1) is 12.1. The van der Waals surface area contributed by atoms with Crippen molar-refractivity contribution in [2.24, 2.45) is 0 Å². The highest BCUT2D eigenvalue weighted by atomic mass is 16.6. The number of nitriles is 1. The third kappa shape index (κ3) is 5.82. The zero-order valence-electron chi connectivity index (χ0n) is 15.9. The van der Waals surface area contributed by atoms with E-state index < -0.39 is 17.2 Å². The summed E-state index contributed by atoms with van der Waals surface area (Å²) in [5.74, 6) is 0. The molecule has 0 fully saturated rings. The molecule has 0 atom stereocenters. The number of carbonyl (C=O) groups excluding carboxylic acids is 1. The number of carbonyl (C=O) groups is 1. The van der Waals surface area contributed by atoms with Gasteiger partial charge in [0.15, 0.2) is 0 Å². The van der Waals surface area contributed by atoms with Gasteiger partial charge in [-0.1, -0.05) is 24.3 Å². The van der Waals surface area contributed by atoms with Crippen molar-refractivity contribution in [1.82, 2.24) is 0 Å². The monoisotopic (exact) mass is 351 g/mol. The van der Waals surface area contributed by atoms with Crippen molar-refractivity contribution in [3.8, 4) is 17.2 Å². The van der Waals surface area contributed by atoms with Crippen molar-refractivity contribution < 1.29 is 9.53 Å². The molecule has 0 saturated heterocycles. The smallest absolute Gasteiger partial charge is 0.412 e. The molecule has 2 rings (SSSR count). The quantitative estimate of drug-likeness (QED) is 0.772. The maximum atomic E-state index is 11.8. The average Bonchev–Trinajstić information content (AvgIpc) is 2.54. The second-order valence-electron chi connectivity index (χ2n) is 7.64. The fraction of sp³-hybridized carbons (Fsp3) is 0.333. The van der Waals surface area contributed by atoms with E-state index in [1.54, 1.807) is 0 Å². The number of amides is 1. The molecule has 0 bridgehead atoms. The van der Waals surface area contributed by atoms with Gasteiger partial charge < -0.3 is 10.1 Å². The van der Waals surface area contributed by atoms with Crippen LogP contribution in [0.15, 0.2) is 48.5 Å². The van der Waals surface area contributed by atoms with E-state index in [0.717, 1.165) is 16.8 Å². The fourth-order valence-corrected chi connectivity index (χ4v) is 2.30. The topological polar surface area (TPSA) is 74.2 Å². The summed E-state index contributed by atoms with van der Waals surface area (Å²) in [7, 11) is 0. The molecule has 0 aliphatic carbocycles. The summed E-state index contributed by atoms with van der Waals surface area (Å²) in [6.45, 7) is 9.14. The Morgan fingerprint density at radius 1 is 0.885 bits per heavy atom. The van der Waals surface area contributed by atoms with Crippen LogP contribution in [0.2, 0.25) is 0 Å². The van der Waals surface area contributed by atoms with Gasteiger partial charge in [-0.05, 0) is 70.0 Å². The first-order valence-electron chi connectivity index (χ1n) is 8.48.